The van der Waals surface area contributed by atoms with Crippen LogP contribution in [0.15, 0.2) is 46.9 Å². The van der Waals surface area contributed by atoms with E-state index in [4.69, 9.17) is 9.15 Å². The Labute approximate surface area is 136 Å². The zero-order valence-corrected chi connectivity index (χ0v) is 12.8. The number of alkyl halides is 2. The first kappa shape index (κ1) is 15.9. The smallest absolute Gasteiger partial charge is 0.331 e. The highest BCUT2D eigenvalue weighted by molar-refractivity contribution is 5.86. The molecule has 0 bridgehead atoms. The molecule has 0 aliphatic heterocycles. The fourth-order valence-corrected chi connectivity index (χ4v) is 2.29. The molecule has 7 heteroatoms. The molecule has 2 aromatic heterocycles. The van der Waals surface area contributed by atoms with E-state index in [2.05, 4.69) is 4.98 Å². The molecule has 0 aliphatic carbocycles. The lowest BCUT2D eigenvalue weighted by atomic mass is 10.3. The van der Waals surface area contributed by atoms with E-state index in [0.29, 0.717) is 22.6 Å². The molecular weight excluding hydrogens is 318 g/mol. The Balaban J connectivity index is 1.72. The standard InChI is InChI=1S/C17H14F2N2O3/c1-11-6-7-12(24-11)8-9-16(22)23-10-15-20-13-4-2-3-5-14(13)21(15)17(18)19/h2-9,17H,10H2,1H3/b9-8+. The lowest BCUT2D eigenvalue weighted by Crippen LogP contribution is -2.08. The zero-order chi connectivity index (χ0) is 17.1. The molecule has 0 aliphatic rings. The Bertz CT molecular complexity index is 896. The van der Waals surface area contributed by atoms with Crippen molar-refractivity contribution in [3.05, 3.63) is 59.8 Å². The SMILES string of the molecule is Cc1ccc(/C=C/C(=O)OCc2nc3ccccc3n2C(F)F)o1. The molecule has 0 saturated carbocycles. The lowest BCUT2D eigenvalue weighted by molar-refractivity contribution is -0.139. The quantitative estimate of drug-likeness (QED) is 0.521. The number of para-hydroxylation sites is 2. The van der Waals surface area contributed by atoms with Crippen molar-refractivity contribution in [3.63, 3.8) is 0 Å². The van der Waals surface area contributed by atoms with Crippen LogP contribution < -0.4 is 0 Å². The zero-order valence-electron chi connectivity index (χ0n) is 12.8. The van der Waals surface area contributed by atoms with Crippen LogP contribution in [0.4, 0.5) is 8.78 Å². The van der Waals surface area contributed by atoms with Gasteiger partial charge in [-0.15, -0.1) is 0 Å². The number of hydrogen-bond acceptors (Lipinski definition) is 4. The Morgan fingerprint density at radius 3 is 2.83 bits per heavy atom. The third-order valence-electron chi connectivity index (χ3n) is 3.35. The summed E-state index contributed by atoms with van der Waals surface area (Å²) in [6, 6.07) is 9.98. The highest BCUT2D eigenvalue weighted by Gasteiger charge is 2.18. The monoisotopic (exact) mass is 332 g/mol. The number of carbonyl (C=O) groups is 1. The van der Waals surface area contributed by atoms with Crippen LogP contribution in [0.25, 0.3) is 17.1 Å². The van der Waals surface area contributed by atoms with Crippen LogP contribution in [0.2, 0.25) is 0 Å². The summed E-state index contributed by atoms with van der Waals surface area (Å²) in [6.45, 7) is -1.34. The molecule has 0 spiro atoms. The lowest BCUT2D eigenvalue weighted by Gasteiger charge is -2.07. The van der Waals surface area contributed by atoms with Gasteiger partial charge in [0.25, 0.3) is 0 Å². The van der Waals surface area contributed by atoms with E-state index in [1.807, 2.05) is 0 Å². The van der Waals surface area contributed by atoms with E-state index in [0.717, 1.165) is 4.57 Å². The Morgan fingerprint density at radius 2 is 2.12 bits per heavy atom. The molecule has 0 atom stereocenters. The number of imidazole rings is 1. The second kappa shape index (κ2) is 6.66. The summed E-state index contributed by atoms with van der Waals surface area (Å²) < 4.78 is 37.5. The van der Waals surface area contributed by atoms with Crippen LogP contribution in [0, 0.1) is 6.92 Å². The van der Waals surface area contributed by atoms with Gasteiger partial charge in [0.2, 0.25) is 0 Å². The molecule has 5 nitrogen and oxygen atoms in total. The third-order valence-corrected chi connectivity index (χ3v) is 3.35. The average molecular weight is 332 g/mol. The van der Waals surface area contributed by atoms with Crippen molar-refractivity contribution in [1.82, 2.24) is 9.55 Å². The van der Waals surface area contributed by atoms with E-state index in [-0.39, 0.29) is 12.4 Å². The molecule has 124 valence electrons. The third kappa shape index (κ3) is 3.34. The van der Waals surface area contributed by atoms with Gasteiger partial charge in [-0.2, -0.15) is 8.78 Å². The van der Waals surface area contributed by atoms with E-state index in [1.165, 1.54) is 12.2 Å². The second-order valence-corrected chi connectivity index (χ2v) is 5.05. The molecular formula is C17H14F2N2O3. The van der Waals surface area contributed by atoms with E-state index < -0.39 is 12.5 Å². The summed E-state index contributed by atoms with van der Waals surface area (Å²) >= 11 is 0. The number of nitrogens with zero attached hydrogens (tertiary/aromatic N) is 2. The predicted molar refractivity (Wildman–Crippen MR) is 83.3 cm³/mol. The van der Waals surface area contributed by atoms with E-state index in [1.54, 1.807) is 43.3 Å². The summed E-state index contributed by atoms with van der Waals surface area (Å²) in [7, 11) is 0. The number of hydrogen-bond donors (Lipinski definition) is 0. The summed E-state index contributed by atoms with van der Waals surface area (Å²) in [5, 5.41) is 0. The number of aromatic nitrogens is 2. The molecule has 1 aromatic carbocycles. The first-order chi connectivity index (χ1) is 11.5. The summed E-state index contributed by atoms with van der Waals surface area (Å²) in [6.07, 6.45) is 2.62. The van der Waals surface area contributed by atoms with Crippen LogP contribution in [0.3, 0.4) is 0 Å². The first-order valence-electron chi connectivity index (χ1n) is 7.20. The van der Waals surface area contributed by atoms with Crippen molar-refractivity contribution in [2.75, 3.05) is 0 Å². The van der Waals surface area contributed by atoms with Gasteiger partial charge in [-0.1, -0.05) is 12.1 Å². The van der Waals surface area contributed by atoms with Gasteiger partial charge >= 0.3 is 12.5 Å². The van der Waals surface area contributed by atoms with Gasteiger partial charge in [0.1, 0.15) is 18.1 Å². The molecule has 3 aromatic rings. The van der Waals surface area contributed by atoms with Gasteiger partial charge in [0.05, 0.1) is 11.0 Å². The van der Waals surface area contributed by atoms with Crippen molar-refractivity contribution in [1.29, 1.82) is 0 Å². The van der Waals surface area contributed by atoms with Gasteiger partial charge < -0.3 is 9.15 Å². The van der Waals surface area contributed by atoms with Crippen molar-refractivity contribution >= 4 is 23.1 Å². The van der Waals surface area contributed by atoms with Crippen LogP contribution in [-0.2, 0) is 16.1 Å². The van der Waals surface area contributed by atoms with Gasteiger partial charge in [0.15, 0.2) is 5.82 Å². The maximum absolute atomic E-state index is 13.2. The van der Waals surface area contributed by atoms with Crippen LogP contribution in [-0.4, -0.2) is 15.5 Å². The summed E-state index contributed by atoms with van der Waals surface area (Å²) in [4.78, 5) is 15.8. The summed E-state index contributed by atoms with van der Waals surface area (Å²) in [5.74, 6) is 0.539. The number of carbonyl (C=O) groups excluding carboxylic acids is 1. The number of furan rings is 1. The van der Waals surface area contributed by atoms with Crippen LogP contribution >= 0.6 is 0 Å². The van der Waals surface area contributed by atoms with E-state index in [9.17, 15) is 13.6 Å². The molecule has 0 amide bonds. The van der Waals surface area contributed by atoms with Gasteiger partial charge in [-0.05, 0) is 37.3 Å². The molecule has 3 rings (SSSR count). The van der Waals surface area contributed by atoms with E-state index >= 15 is 0 Å². The molecule has 2 heterocycles. The molecule has 0 radical (unpaired) electrons. The topological polar surface area (TPSA) is 57.3 Å². The maximum atomic E-state index is 13.2. The fourth-order valence-electron chi connectivity index (χ4n) is 2.29. The minimum atomic E-state index is -2.77. The second-order valence-electron chi connectivity index (χ2n) is 5.05. The Kier molecular flexibility index (Phi) is 4.41. The number of benzene rings is 1. The number of esters is 1. The number of ether oxygens (including phenoxy) is 1. The molecule has 0 N–H and O–H groups in total. The average Bonchev–Trinajstić information content (AvgIpc) is 3.13. The molecule has 0 saturated heterocycles. The van der Waals surface area contributed by atoms with Crippen LogP contribution in [0.5, 0.6) is 0 Å². The Morgan fingerprint density at radius 1 is 1.33 bits per heavy atom. The van der Waals surface area contributed by atoms with Gasteiger partial charge in [-0.25, -0.2) is 9.78 Å². The van der Waals surface area contributed by atoms with Crippen LogP contribution in [0.1, 0.15) is 23.9 Å². The molecule has 0 fully saturated rings. The first-order valence-corrected chi connectivity index (χ1v) is 7.20. The Hall–Kier alpha value is -2.96. The summed E-state index contributed by atoms with van der Waals surface area (Å²) in [5.41, 5.74) is 0.714. The maximum Gasteiger partial charge on any atom is 0.331 e. The number of rotatable bonds is 5. The largest absolute Gasteiger partial charge is 0.462 e. The predicted octanol–water partition coefficient (Wildman–Crippen LogP) is 4.09. The number of halogens is 2. The molecule has 0 unspecified atom stereocenters. The van der Waals surface area contributed by atoms with Crippen molar-refractivity contribution < 1.29 is 22.7 Å². The van der Waals surface area contributed by atoms with Gasteiger partial charge in [-0.3, -0.25) is 4.57 Å². The minimum absolute atomic E-state index is 0.0122. The fraction of sp³-hybridized carbons (Fsp3) is 0.176. The van der Waals surface area contributed by atoms with Gasteiger partial charge in [0, 0.05) is 6.08 Å². The normalized spacial score (nSPS) is 11.7. The number of fused-ring (bicyclic) bond motifs is 1. The highest BCUT2D eigenvalue weighted by Crippen LogP contribution is 2.23. The number of aryl methyl sites for hydroxylation is 1. The van der Waals surface area contributed by atoms with Crippen molar-refractivity contribution in [3.8, 4) is 0 Å². The van der Waals surface area contributed by atoms with Crippen molar-refractivity contribution in [2.45, 2.75) is 20.1 Å². The van der Waals surface area contributed by atoms with Crippen molar-refractivity contribution in [2.24, 2.45) is 0 Å². The molecule has 24 heavy (non-hydrogen) atoms. The highest BCUT2D eigenvalue weighted by atomic mass is 19.3. The minimum Gasteiger partial charge on any atom is -0.462 e.